The van der Waals surface area contributed by atoms with Gasteiger partial charge in [0.1, 0.15) is 18.2 Å². The number of nitrogens with zero attached hydrogens (tertiary/aromatic N) is 4. The van der Waals surface area contributed by atoms with Gasteiger partial charge in [0.2, 0.25) is 0 Å². The molecule has 6 nitrogen and oxygen atoms in total. The molecular weight excluding hydrogens is 378 g/mol. The van der Waals surface area contributed by atoms with Crippen LogP contribution in [0.2, 0.25) is 0 Å². The van der Waals surface area contributed by atoms with Crippen LogP contribution in [-0.4, -0.2) is 55.2 Å². The number of rotatable bonds is 3. The van der Waals surface area contributed by atoms with Crippen molar-refractivity contribution in [2.24, 2.45) is 5.41 Å². The largest absolute Gasteiger partial charge is 0.489 e. The van der Waals surface area contributed by atoms with Crippen molar-refractivity contribution in [1.82, 2.24) is 9.88 Å². The van der Waals surface area contributed by atoms with Gasteiger partial charge in [-0.05, 0) is 31.2 Å². The second-order valence-electron chi connectivity index (χ2n) is 8.26. The van der Waals surface area contributed by atoms with Gasteiger partial charge in [-0.1, -0.05) is 6.92 Å². The van der Waals surface area contributed by atoms with E-state index in [1.807, 2.05) is 6.92 Å². The number of anilines is 2. The summed E-state index contributed by atoms with van der Waals surface area (Å²) in [5.41, 5.74) is 0.409. The maximum Gasteiger partial charge on any atom is 0.325 e. The third-order valence-electron chi connectivity index (χ3n) is 5.44. The van der Waals surface area contributed by atoms with Gasteiger partial charge in [0.05, 0.1) is 11.7 Å². The lowest BCUT2D eigenvalue weighted by atomic mass is 9.81. The average Bonchev–Trinajstić information content (AvgIpc) is 2.66. The predicted octanol–water partition coefficient (Wildman–Crippen LogP) is 3.53. The number of hydrogen-bond acceptors (Lipinski definition) is 4. The highest BCUT2D eigenvalue weighted by molar-refractivity contribution is 5.95. The lowest BCUT2D eigenvalue weighted by molar-refractivity contribution is 0.0540. The Balaban J connectivity index is 1.44. The monoisotopic (exact) mass is 402 g/mol. The second kappa shape index (κ2) is 7.17. The van der Waals surface area contributed by atoms with Crippen molar-refractivity contribution in [1.29, 1.82) is 0 Å². The Hall–Kier alpha value is -2.90. The van der Waals surface area contributed by atoms with Crippen molar-refractivity contribution in [2.45, 2.75) is 19.9 Å². The standard InChI is InChI=1S/C21H24F2N4O2/c1-14-10-29-18-9-15(22)6-7-17(18)27(14)20(28)26-12-21(2,13-26)11-25(3)19-16(23)5-4-8-24-19/h4-9,14H,10-13H2,1-3H3. The number of hydrogen-bond donors (Lipinski definition) is 0. The Labute approximate surface area is 168 Å². The van der Waals surface area contributed by atoms with E-state index in [1.165, 1.54) is 18.2 Å². The van der Waals surface area contributed by atoms with E-state index in [9.17, 15) is 13.6 Å². The zero-order valence-corrected chi connectivity index (χ0v) is 16.7. The van der Waals surface area contributed by atoms with Crippen molar-refractivity contribution < 1.29 is 18.3 Å². The summed E-state index contributed by atoms with van der Waals surface area (Å²) < 4.78 is 33.1. The molecule has 0 aliphatic carbocycles. The molecule has 0 radical (unpaired) electrons. The minimum atomic E-state index is -0.396. The van der Waals surface area contributed by atoms with Crippen molar-refractivity contribution in [2.75, 3.05) is 43.1 Å². The second-order valence-corrected chi connectivity index (χ2v) is 8.26. The number of likely N-dealkylation sites (tertiary alicyclic amines) is 1. The van der Waals surface area contributed by atoms with Crippen molar-refractivity contribution in [3.63, 3.8) is 0 Å². The number of ether oxygens (including phenoxy) is 1. The third kappa shape index (κ3) is 3.59. The molecule has 1 atom stereocenters. The number of urea groups is 1. The van der Waals surface area contributed by atoms with Gasteiger partial charge in [-0.15, -0.1) is 0 Å². The molecular formula is C21H24F2N4O2. The van der Waals surface area contributed by atoms with Crippen LogP contribution in [0, 0.1) is 17.0 Å². The first kappa shape index (κ1) is 19.4. The van der Waals surface area contributed by atoms with Crippen LogP contribution in [0.1, 0.15) is 13.8 Å². The van der Waals surface area contributed by atoms with Crippen molar-refractivity contribution in [3.05, 3.63) is 48.2 Å². The molecule has 1 unspecified atom stereocenters. The zero-order valence-electron chi connectivity index (χ0n) is 16.7. The van der Waals surface area contributed by atoms with E-state index in [0.29, 0.717) is 43.5 Å². The van der Waals surface area contributed by atoms with Crippen molar-refractivity contribution in [3.8, 4) is 5.75 Å². The molecule has 3 heterocycles. The number of carbonyl (C=O) groups is 1. The highest BCUT2D eigenvalue weighted by Gasteiger charge is 2.45. The van der Waals surface area contributed by atoms with Gasteiger partial charge in [-0.2, -0.15) is 0 Å². The molecule has 0 spiro atoms. The molecule has 1 aromatic carbocycles. The first-order valence-electron chi connectivity index (χ1n) is 9.59. The Bertz CT molecular complexity index is 933. The lowest BCUT2D eigenvalue weighted by Gasteiger charge is -2.51. The number of amides is 2. The smallest absolute Gasteiger partial charge is 0.325 e. The van der Waals surface area contributed by atoms with Gasteiger partial charge in [0, 0.05) is 44.4 Å². The molecule has 2 aromatic rings. The van der Waals surface area contributed by atoms with E-state index in [0.717, 1.165) is 0 Å². The minimum Gasteiger partial charge on any atom is -0.489 e. The van der Waals surface area contributed by atoms with Gasteiger partial charge < -0.3 is 14.5 Å². The van der Waals surface area contributed by atoms with Crippen LogP contribution in [0.5, 0.6) is 5.75 Å². The van der Waals surface area contributed by atoms with Crippen LogP contribution in [-0.2, 0) is 0 Å². The predicted molar refractivity (Wildman–Crippen MR) is 106 cm³/mol. The summed E-state index contributed by atoms with van der Waals surface area (Å²) in [6.45, 7) is 5.96. The first-order chi connectivity index (χ1) is 13.8. The van der Waals surface area contributed by atoms with E-state index in [2.05, 4.69) is 11.9 Å². The molecule has 1 aromatic heterocycles. The number of pyridine rings is 1. The number of fused-ring (bicyclic) bond motifs is 1. The fraction of sp³-hybridized carbons (Fsp3) is 0.429. The highest BCUT2D eigenvalue weighted by Crippen LogP contribution is 2.38. The molecule has 0 saturated carbocycles. The molecule has 2 aliphatic heterocycles. The van der Waals surface area contributed by atoms with Crippen LogP contribution < -0.4 is 14.5 Å². The Morgan fingerprint density at radius 1 is 1.34 bits per heavy atom. The van der Waals surface area contributed by atoms with Crippen LogP contribution in [0.25, 0.3) is 0 Å². The Morgan fingerprint density at radius 2 is 2.10 bits per heavy atom. The van der Waals surface area contributed by atoms with E-state index in [4.69, 9.17) is 4.74 Å². The Morgan fingerprint density at radius 3 is 2.83 bits per heavy atom. The molecule has 1 saturated heterocycles. The van der Waals surface area contributed by atoms with E-state index in [-0.39, 0.29) is 23.3 Å². The summed E-state index contributed by atoms with van der Waals surface area (Å²) in [7, 11) is 1.80. The topological polar surface area (TPSA) is 48.9 Å². The summed E-state index contributed by atoms with van der Waals surface area (Å²) in [6, 6.07) is 6.88. The fourth-order valence-corrected chi connectivity index (χ4v) is 4.19. The average molecular weight is 402 g/mol. The molecule has 0 bridgehead atoms. The van der Waals surface area contributed by atoms with E-state index >= 15 is 0 Å². The maximum atomic E-state index is 14.0. The van der Waals surface area contributed by atoms with Crippen molar-refractivity contribution >= 4 is 17.5 Å². The highest BCUT2D eigenvalue weighted by atomic mass is 19.1. The van der Waals surface area contributed by atoms with Gasteiger partial charge in [-0.3, -0.25) is 4.90 Å². The number of halogens is 2. The number of benzene rings is 1. The number of aromatic nitrogens is 1. The quantitative estimate of drug-likeness (QED) is 0.788. The Kier molecular flexibility index (Phi) is 4.80. The summed E-state index contributed by atoms with van der Waals surface area (Å²) >= 11 is 0. The summed E-state index contributed by atoms with van der Waals surface area (Å²) in [5.74, 6) is -0.0785. The van der Waals surface area contributed by atoms with Gasteiger partial charge in [0.25, 0.3) is 0 Å². The third-order valence-corrected chi connectivity index (χ3v) is 5.44. The molecule has 8 heteroatoms. The molecule has 1 fully saturated rings. The van der Waals surface area contributed by atoms with Crippen LogP contribution >= 0.6 is 0 Å². The lowest BCUT2D eigenvalue weighted by Crippen LogP contribution is -2.65. The van der Waals surface area contributed by atoms with Crippen LogP contribution in [0.15, 0.2) is 36.5 Å². The van der Waals surface area contributed by atoms with E-state index in [1.54, 1.807) is 40.1 Å². The van der Waals surface area contributed by atoms with Crippen LogP contribution in [0.3, 0.4) is 0 Å². The molecule has 29 heavy (non-hydrogen) atoms. The van der Waals surface area contributed by atoms with Crippen LogP contribution in [0.4, 0.5) is 25.1 Å². The van der Waals surface area contributed by atoms with Gasteiger partial charge in [0.15, 0.2) is 11.6 Å². The molecule has 0 N–H and O–H groups in total. The minimum absolute atomic E-state index is 0.127. The SMILES string of the molecule is CC1COc2cc(F)ccc2N1C(=O)N1CC(C)(CN(C)c2ncccc2F)C1. The van der Waals surface area contributed by atoms with Gasteiger partial charge in [-0.25, -0.2) is 18.6 Å². The molecule has 4 rings (SSSR count). The van der Waals surface area contributed by atoms with Gasteiger partial charge >= 0.3 is 6.03 Å². The zero-order chi connectivity index (χ0) is 20.8. The molecule has 154 valence electrons. The number of carbonyl (C=O) groups excluding carboxylic acids is 1. The summed E-state index contributed by atoms with van der Waals surface area (Å²) in [6.07, 6.45) is 1.56. The fourth-order valence-electron chi connectivity index (χ4n) is 4.19. The molecule has 2 aliphatic rings. The summed E-state index contributed by atoms with van der Waals surface area (Å²) in [4.78, 5) is 22.5. The summed E-state index contributed by atoms with van der Waals surface area (Å²) in [5, 5.41) is 0. The maximum absolute atomic E-state index is 14.0. The normalized spacial score (nSPS) is 19.8. The van der Waals surface area contributed by atoms with E-state index < -0.39 is 5.82 Å². The first-order valence-corrected chi connectivity index (χ1v) is 9.59. The molecule has 2 amide bonds.